The van der Waals surface area contributed by atoms with E-state index in [-0.39, 0.29) is 12.6 Å². The number of pyridine rings is 1. The van der Waals surface area contributed by atoms with Crippen LogP contribution in [0.1, 0.15) is 54.5 Å². The maximum atomic E-state index is 11.0. The van der Waals surface area contributed by atoms with Gasteiger partial charge in [-0.15, -0.1) is 0 Å². The molecule has 0 saturated carbocycles. The van der Waals surface area contributed by atoms with Crippen LogP contribution in [0, 0.1) is 0 Å². The summed E-state index contributed by atoms with van der Waals surface area (Å²) in [5.74, 6) is 1.81. The van der Waals surface area contributed by atoms with Crippen molar-refractivity contribution in [2.75, 3.05) is 32.8 Å². The third-order valence-corrected chi connectivity index (χ3v) is 7.42. The Bertz CT molecular complexity index is 1280. The molecule has 6 nitrogen and oxygen atoms in total. The number of likely N-dealkylation sites (tertiary alicyclic amines) is 1. The molecule has 0 atom stereocenters. The first-order chi connectivity index (χ1) is 18.6. The first-order valence-electron chi connectivity index (χ1n) is 13.2. The SMILES string of the molecule is CC(=O)OCCOc1ccc2c(c1)C(=CCCN1CCC(c3ccc(Cl)cc3)CC1)c1cccnc1CO2. The van der Waals surface area contributed by atoms with Gasteiger partial charge in [-0.05, 0) is 85.8 Å². The van der Waals surface area contributed by atoms with Gasteiger partial charge in [0.2, 0.25) is 0 Å². The summed E-state index contributed by atoms with van der Waals surface area (Å²) in [6.45, 7) is 5.51. The molecule has 0 N–H and O–H groups in total. The average Bonchev–Trinajstić information content (AvgIpc) is 3.09. The van der Waals surface area contributed by atoms with E-state index in [4.69, 9.17) is 25.8 Å². The summed E-state index contributed by atoms with van der Waals surface area (Å²) in [6, 6.07) is 18.2. The molecule has 3 aromatic rings. The fraction of sp³-hybridized carbons (Fsp3) is 0.355. The molecule has 1 saturated heterocycles. The molecule has 3 heterocycles. The Hall–Kier alpha value is -3.35. The van der Waals surface area contributed by atoms with E-state index in [1.54, 1.807) is 0 Å². The lowest BCUT2D eigenvalue weighted by molar-refractivity contribution is -0.141. The fourth-order valence-corrected chi connectivity index (χ4v) is 5.33. The molecule has 7 heteroatoms. The van der Waals surface area contributed by atoms with E-state index in [1.165, 1.54) is 12.5 Å². The number of rotatable bonds is 8. The van der Waals surface area contributed by atoms with Gasteiger partial charge in [0.1, 0.15) is 31.3 Å². The van der Waals surface area contributed by atoms with Crippen LogP contribution in [0.2, 0.25) is 5.02 Å². The van der Waals surface area contributed by atoms with Crippen molar-refractivity contribution in [2.45, 2.75) is 38.7 Å². The van der Waals surface area contributed by atoms with E-state index in [1.807, 2.05) is 42.6 Å². The predicted molar refractivity (Wildman–Crippen MR) is 149 cm³/mol. The van der Waals surface area contributed by atoms with Gasteiger partial charge in [-0.2, -0.15) is 0 Å². The molecular formula is C31H33ClN2O4. The molecule has 2 aliphatic rings. The number of ether oxygens (including phenoxy) is 3. The van der Waals surface area contributed by atoms with Gasteiger partial charge in [-0.3, -0.25) is 9.78 Å². The first-order valence-corrected chi connectivity index (χ1v) is 13.6. The third kappa shape index (κ3) is 6.55. The van der Waals surface area contributed by atoms with Crippen molar-refractivity contribution < 1.29 is 19.0 Å². The minimum absolute atomic E-state index is 0.215. The quantitative estimate of drug-likeness (QED) is 0.252. The van der Waals surface area contributed by atoms with Gasteiger partial charge < -0.3 is 19.1 Å². The van der Waals surface area contributed by atoms with Gasteiger partial charge in [-0.25, -0.2) is 0 Å². The molecule has 0 bridgehead atoms. The highest BCUT2D eigenvalue weighted by atomic mass is 35.5. The van der Waals surface area contributed by atoms with Gasteiger partial charge in [0.05, 0.1) is 5.69 Å². The summed E-state index contributed by atoms with van der Waals surface area (Å²) in [6.07, 6.45) is 7.36. The minimum Gasteiger partial charge on any atom is -0.490 e. The zero-order valence-electron chi connectivity index (χ0n) is 21.7. The highest BCUT2D eigenvalue weighted by Crippen LogP contribution is 2.38. The summed E-state index contributed by atoms with van der Waals surface area (Å²) < 4.78 is 17.0. The van der Waals surface area contributed by atoms with E-state index in [9.17, 15) is 4.79 Å². The monoisotopic (exact) mass is 532 g/mol. The Morgan fingerprint density at radius 2 is 1.92 bits per heavy atom. The van der Waals surface area contributed by atoms with Crippen LogP contribution in [-0.2, 0) is 16.1 Å². The summed E-state index contributed by atoms with van der Waals surface area (Å²) in [5.41, 5.74) is 5.51. The molecular weight excluding hydrogens is 500 g/mol. The lowest BCUT2D eigenvalue weighted by Gasteiger charge is -2.32. The van der Waals surface area contributed by atoms with Crippen LogP contribution in [-0.4, -0.2) is 48.7 Å². The molecule has 1 aromatic heterocycles. The maximum Gasteiger partial charge on any atom is 0.302 e. The van der Waals surface area contributed by atoms with Crippen LogP contribution in [0.3, 0.4) is 0 Å². The van der Waals surface area contributed by atoms with Crippen molar-refractivity contribution in [1.29, 1.82) is 0 Å². The number of carbonyl (C=O) groups is 1. The first kappa shape index (κ1) is 26.3. The minimum atomic E-state index is -0.313. The fourth-order valence-electron chi connectivity index (χ4n) is 5.21. The summed E-state index contributed by atoms with van der Waals surface area (Å²) in [7, 11) is 0. The van der Waals surface area contributed by atoms with Crippen molar-refractivity contribution >= 4 is 23.1 Å². The highest BCUT2D eigenvalue weighted by Gasteiger charge is 2.22. The number of aromatic nitrogens is 1. The Labute approximate surface area is 229 Å². The van der Waals surface area contributed by atoms with Crippen LogP contribution in [0.15, 0.2) is 66.9 Å². The summed E-state index contributed by atoms with van der Waals surface area (Å²) >= 11 is 6.07. The van der Waals surface area contributed by atoms with E-state index >= 15 is 0 Å². The molecule has 0 aliphatic carbocycles. The number of fused-ring (bicyclic) bond motifs is 2. The normalized spacial score (nSPS) is 16.7. The molecule has 38 heavy (non-hydrogen) atoms. The largest absolute Gasteiger partial charge is 0.490 e. The Morgan fingerprint density at radius 3 is 2.71 bits per heavy atom. The summed E-state index contributed by atoms with van der Waals surface area (Å²) in [5, 5.41) is 0.794. The average molecular weight is 533 g/mol. The molecule has 0 unspecified atom stereocenters. The third-order valence-electron chi connectivity index (χ3n) is 7.17. The number of benzene rings is 2. The van der Waals surface area contributed by atoms with Crippen LogP contribution in [0.4, 0.5) is 0 Å². The van der Waals surface area contributed by atoms with Crippen LogP contribution < -0.4 is 9.47 Å². The number of carbonyl (C=O) groups excluding carboxylic acids is 1. The van der Waals surface area contributed by atoms with Crippen molar-refractivity contribution in [3.05, 3.63) is 94.3 Å². The van der Waals surface area contributed by atoms with Crippen molar-refractivity contribution in [3.8, 4) is 11.5 Å². The Kier molecular flexibility index (Phi) is 8.61. The van der Waals surface area contributed by atoms with Gasteiger partial charge in [0, 0.05) is 35.8 Å². The molecule has 198 valence electrons. The van der Waals surface area contributed by atoms with E-state index in [2.05, 4.69) is 34.2 Å². The van der Waals surface area contributed by atoms with Gasteiger partial charge >= 0.3 is 5.97 Å². The van der Waals surface area contributed by atoms with Gasteiger partial charge in [0.15, 0.2) is 0 Å². The second-order valence-electron chi connectivity index (χ2n) is 9.71. The molecule has 0 spiro atoms. The van der Waals surface area contributed by atoms with E-state index in [0.717, 1.165) is 72.1 Å². The van der Waals surface area contributed by atoms with Gasteiger partial charge in [-0.1, -0.05) is 35.9 Å². The zero-order chi connectivity index (χ0) is 26.3. The number of nitrogens with zero attached hydrogens (tertiary/aromatic N) is 2. The number of halogens is 1. The highest BCUT2D eigenvalue weighted by molar-refractivity contribution is 6.30. The molecule has 0 amide bonds. The second-order valence-corrected chi connectivity index (χ2v) is 10.1. The Balaban J connectivity index is 1.28. The second kappa shape index (κ2) is 12.5. The van der Waals surface area contributed by atoms with Crippen molar-refractivity contribution in [1.82, 2.24) is 9.88 Å². The van der Waals surface area contributed by atoms with E-state index < -0.39 is 0 Å². The molecule has 5 rings (SSSR count). The van der Waals surface area contributed by atoms with Crippen molar-refractivity contribution in [3.63, 3.8) is 0 Å². The lowest BCUT2D eigenvalue weighted by atomic mass is 9.89. The molecule has 0 radical (unpaired) electrons. The van der Waals surface area contributed by atoms with Gasteiger partial charge in [0.25, 0.3) is 0 Å². The van der Waals surface area contributed by atoms with Crippen LogP contribution in [0.5, 0.6) is 11.5 Å². The number of hydrogen-bond donors (Lipinski definition) is 0. The molecule has 2 aromatic carbocycles. The van der Waals surface area contributed by atoms with E-state index in [0.29, 0.717) is 24.9 Å². The maximum absolute atomic E-state index is 11.0. The lowest BCUT2D eigenvalue weighted by Crippen LogP contribution is -2.33. The summed E-state index contributed by atoms with van der Waals surface area (Å²) in [4.78, 5) is 18.2. The molecule has 2 aliphatic heterocycles. The predicted octanol–water partition coefficient (Wildman–Crippen LogP) is 6.27. The topological polar surface area (TPSA) is 60.9 Å². The van der Waals surface area contributed by atoms with Crippen LogP contribution >= 0.6 is 11.6 Å². The number of piperidine rings is 1. The zero-order valence-corrected chi connectivity index (χ0v) is 22.5. The van der Waals surface area contributed by atoms with Crippen molar-refractivity contribution in [2.24, 2.45) is 0 Å². The smallest absolute Gasteiger partial charge is 0.302 e. The standard InChI is InChI=1S/C31H33ClN2O4/c1-22(35)36-18-19-37-26-10-11-31-29(20-26)27(28-4-2-14-33-30(28)21-38-31)5-3-15-34-16-12-24(13-17-34)23-6-8-25(32)9-7-23/h2,4-11,14,20,24H,3,12-13,15-19,21H2,1H3. The number of esters is 1. The molecule has 1 fully saturated rings. The van der Waals surface area contributed by atoms with Crippen LogP contribution in [0.25, 0.3) is 5.57 Å². The Morgan fingerprint density at radius 1 is 1.11 bits per heavy atom. The number of hydrogen-bond acceptors (Lipinski definition) is 6.